The van der Waals surface area contributed by atoms with E-state index in [1.165, 1.54) is 0 Å². The molecule has 1 N–H and O–H groups in total. The number of hydrogen-bond donors (Lipinski definition) is 1. The molecule has 4 rings (SSSR count). The molecule has 182 valence electrons. The average Bonchev–Trinajstić information content (AvgIpc) is 3.15. The predicted molar refractivity (Wildman–Crippen MR) is 139 cm³/mol. The molecule has 1 heterocycles. The van der Waals surface area contributed by atoms with Crippen LogP contribution >= 0.6 is 0 Å². The first kappa shape index (κ1) is 24.5. The van der Waals surface area contributed by atoms with Crippen molar-refractivity contribution in [3.63, 3.8) is 0 Å². The molecule has 0 saturated heterocycles. The van der Waals surface area contributed by atoms with Crippen molar-refractivity contribution in [2.24, 2.45) is 0 Å². The molecule has 0 fully saturated rings. The lowest BCUT2D eigenvalue weighted by molar-refractivity contribution is -0.140. The molecule has 1 aliphatic rings. The molecule has 3 aromatic rings. The highest BCUT2D eigenvalue weighted by molar-refractivity contribution is 6.25. The third-order valence-electron chi connectivity index (χ3n) is 6.79. The maximum Gasteiger partial charge on any atom is 0.258 e. The molecule has 1 aliphatic heterocycles. The van der Waals surface area contributed by atoms with Crippen LogP contribution in [0.1, 0.15) is 56.0 Å². The van der Waals surface area contributed by atoms with Crippen LogP contribution in [0.2, 0.25) is 0 Å². The number of anilines is 1. The van der Waals surface area contributed by atoms with Gasteiger partial charge in [0.1, 0.15) is 6.04 Å². The highest BCUT2D eigenvalue weighted by atomic mass is 16.2. The first-order chi connectivity index (χ1) is 16.9. The van der Waals surface area contributed by atoms with Crippen LogP contribution in [-0.2, 0) is 16.1 Å². The van der Waals surface area contributed by atoms with Gasteiger partial charge in [-0.15, -0.1) is 0 Å². The number of rotatable bonds is 10. The van der Waals surface area contributed by atoms with E-state index in [4.69, 9.17) is 0 Å². The van der Waals surface area contributed by atoms with Gasteiger partial charge in [-0.3, -0.25) is 14.4 Å². The second-order valence-corrected chi connectivity index (χ2v) is 9.24. The fraction of sp³-hybridized carbons (Fsp3) is 0.345. The van der Waals surface area contributed by atoms with E-state index in [0.29, 0.717) is 25.1 Å². The van der Waals surface area contributed by atoms with Gasteiger partial charge in [-0.25, -0.2) is 0 Å². The van der Waals surface area contributed by atoms with Gasteiger partial charge >= 0.3 is 0 Å². The van der Waals surface area contributed by atoms with E-state index in [0.717, 1.165) is 28.4 Å². The second-order valence-electron chi connectivity index (χ2n) is 9.24. The van der Waals surface area contributed by atoms with Crippen molar-refractivity contribution in [3.05, 3.63) is 77.9 Å². The largest absolute Gasteiger partial charge is 0.352 e. The van der Waals surface area contributed by atoms with Crippen LogP contribution in [0.15, 0.2) is 66.7 Å². The monoisotopic (exact) mass is 471 g/mol. The van der Waals surface area contributed by atoms with Gasteiger partial charge < -0.3 is 15.1 Å². The molecule has 3 amide bonds. The van der Waals surface area contributed by atoms with Gasteiger partial charge in [-0.1, -0.05) is 61.5 Å². The molecule has 6 nitrogen and oxygen atoms in total. The van der Waals surface area contributed by atoms with Crippen LogP contribution in [-0.4, -0.2) is 41.2 Å². The van der Waals surface area contributed by atoms with E-state index in [2.05, 4.69) is 5.32 Å². The van der Waals surface area contributed by atoms with Crippen molar-refractivity contribution < 1.29 is 14.4 Å². The van der Waals surface area contributed by atoms with E-state index in [9.17, 15) is 14.4 Å². The third kappa shape index (κ3) is 5.21. The van der Waals surface area contributed by atoms with Crippen molar-refractivity contribution >= 4 is 34.2 Å². The Hall–Kier alpha value is -3.67. The molecule has 3 aromatic carbocycles. The van der Waals surface area contributed by atoms with Crippen LogP contribution in [0.5, 0.6) is 0 Å². The number of carbonyl (C=O) groups is 3. The van der Waals surface area contributed by atoms with Gasteiger partial charge in [0.2, 0.25) is 11.8 Å². The molecule has 0 aromatic heterocycles. The molecule has 0 aliphatic carbocycles. The standard InChI is InChI=1S/C29H33N3O3/c1-4-20(2)30-28(34)21(3)32(19-22-11-6-5-7-12-22)26(33)17-10-18-31-25-16-9-14-23-13-8-15-24(27(23)25)29(31)35/h5-9,11-16,20-21H,4,10,17-19H2,1-3H3,(H,30,34)/t20-,21+/m1/s1. The number of nitrogens with one attached hydrogen (secondary N) is 1. The number of amides is 3. The van der Waals surface area contributed by atoms with Gasteiger partial charge in [-0.05, 0) is 49.8 Å². The fourth-order valence-corrected chi connectivity index (χ4v) is 4.56. The van der Waals surface area contributed by atoms with Crippen molar-refractivity contribution in [2.45, 2.75) is 58.7 Å². The van der Waals surface area contributed by atoms with Crippen molar-refractivity contribution in [1.82, 2.24) is 10.2 Å². The van der Waals surface area contributed by atoms with E-state index in [-0.39, 0.29) is 30.2 Å². The topological polar surface area (TPSA) is 69.7 Å². The number of nitrogens with zero attached hydrogens (tertiary/aromatic N) is 2. The van der Waals surface area contributed by atoms with Gasteiger partial charge in [-0.2, -0.15) is 0 Å². The summed E-state index contributed by atoms with van der Waals surface area (Å²) in [7, 11) is 0. The van der Waals surface area contributed by atoms with Gasteiger partial charge in [0, 0.05) is 36.5 Å². The highest BCUT2D eigenvalue weighted by Gasteiger charge is 2.30. The minimum absolute atomic E-state index is 0.0216. The first-order valence-electron chi connectivity index (χ1n) is 12.4. The van der Waals surface area contributed by atoms with Crippen LogP contribution in [0, 0.1) is 0 Å². The van der Waals surface area contributed by atoms with Crippen LogP contribution in [0.4, 0.5) is 5.69 Å². The molecule has 35 heavy (non-hydrogen) atoms. The maximum absolute atomic E-state index is 13.4. The average molecular weight is 472 g/mol. The molecule has 0 unspecified atom stereocenters. The summed E-state index contributed by atoms with van der Waals surface area (Å²) in [6, 6.07) is 20.9. The molecule has 0 bridgehead atoms. The zero-order chi connectivity index (χ0) is 24.9. The molecule has 0 spiro atoms. The zero-order valence-electron chi connectivity index (χ0n) is 20.7. The van der Waals surface area contributed by atoms with Crippen molar-refractivity contribution in [2.75, 3.05) is 11.4 Å². The minimum atomic E-state index is -0.594. The number of hydrogen-bond acceptors (Lipinski definition) is 3. The Morgan fingerprint density at radius 3 is 2.40 bits per heavy atom. The van der Waals surface area contributed by atoms with Crippen LogP contribution in [0.25, 0.3) is 10.8 Å². The molecule has 2 atom stereocenters. The maximum atomic E-state index is 13.4. The first-order valence-corrected chi connectivity index (χ1v) is 12.4. The molecular formula is C29H33N3O3. The van der Waals surface area contributed by atoms with Crippen LogP contribution < -0.4 is 10.2 Å². The van der Waals surface area contributed by atoms with Gasteiger partial charge in [0.15, 0.2) is 0 Å². The summed E-state index contributed by atoms with van der Waals surface area (Å²) in [5.41, 5.74) is 2.59. The Bertz CT molecular complexity index is 1220. The number of benzene rings is 3. The lowest BCUT2D eigenvalue weighted by Crippen LogP contribution is -2.49. The highest BCUT2D eigenvalue weighted by Crippen LogP contribution is 2.37. The third-order valence-corrected chi connectivity index (χ3v) is 6.79. The number of carbonyl (C=O) groups excluding carboxylic acids is 3. The molecule has 6 heteroatoms. The summed E-state index contributed by atoms with van der Waals surface area (Å²) < 4.78 is 0. The summed E-state index contributed by atoms with van der Waals surface area (Å²) >= 11 is 0. The van der Waals surface area contributed by atoms with E-state index < -0.39 is 6.04 Å². The molecule has 0 saturated carbocycles. The fourth-order valence-electron chi connectivity index (χ4n) is 4.56. The van der Waals surface area contributed by atoms with Gasteiger partial charge in [0.25, 0.3) is 5.91 Å². The van der Waals surface area contributed by atoms with Crippen molar-refractivity contribution in [3.8, 4) is 0 Å². The minimum Gasteiger partial charge on any atom is -0.352 e. The Morgan fingerprint density at radius 2 is 1.69 bits per heavy atom. The Balaban J connectivity index is 1.45. The predicted octanol–water partition coefficient (Wildman–Crippen LogP) is 4.91. The smallest absolute Gasteiger partial charge is 0.258 e. The van der Waals surface area contributed by atoms with Gasteiger partial charge in [0.05, 0.1) is 5.69 Å². The Morgan fingerprint density at radius 1 is 0.971 bits per heavy atom. The SMILES string of the molecule is CC[C@@H](C)NC(=O)[C@H](C)N(Cc1ccccc1)C(=O)CCCN1C(=O)c2cccc3cccc1c23. The molecular weight excluding hydrogens is 438 g/mol. The van der Waals surface area contributed by atoms with E-state index in [1.54, 1.807) is 16.7 Å². The lowest BCUT2D eigenvalue weighted by Gasteiger charge is -2.30. The second kappa shape index (κ2) is 10.7. The summed E-state index contributed by atoms with van der Waals surface area (Å²) in [5, 5.41) is 5.02. The van der Waals surface area contributed by atoms with Crippen molar-refractivity contribution in [1.29, 1.82) is 0 Å². The normalized spacial score (nSPS) is 14.1. The summed E-state index contributed by atoms with van der Waals surface area (Å²) in [4.78, 5) is 42.7. The Labute approximate surface area is 206 Å². The van der Waals surface area contributed by atoms with E-state index >= 15 is 0 Å². The van der Waals surface area contributed by atoms with E-state index in [1.807, 2.05) is 80.6 Å². The lowest BCUT2D eigenvalue weighted by atomic mass is 10.1. The summed E-state index contributed by atoms with van der Waals surface area (Å²) in [6.45, 7) is 6.56. The molecule has 0 radical (unpaired) electrons. The summed E-state index contributed by atoms with van der Waals surface area (Å²) in [5.74, 6) is -0.268. The zero-order valence-corrected chi connectivity index (χ0v) is 20.7. The summed E-state index contributed by atoms with van der Waals surface area (Å²) in [6.07, 6.45) is 1.59. The quantitative estimate of drug-likeness (QED) is 0.457. The Kier molecular flexibility index (Phi) is 7.49. The van der Waals surface area contributed by atoms with Crippen LogP contribution in [0.3, 0.4) is 0 Å².